The van der Waals surface area contributed by atoms with Gasteiger partial charge >= 0.3 is 0 Å². The van der Waals surface area contributed by atoms with Gasteiger partial charge in [-0.2, -0.15) is 0 Å². The number of hydrogen-bond acceptors (Lipinski definition) is 0. The summed E-state index contributed by atoms with van der Waals surface area (Å²) in [7, 11) is 0. The molecule has 2 aliphatic rings. The van der Waals surface area contributed by atoms with Gasteiger partial charge in [-0.15, -0.1) is 0 Å². The third kappa shape index (κ3) is 2.71. The molecule has 1 aromatic carbocycles. The average Bonchev–Trinajstić information content (AvgIpc) is 2.93. The predicted molar refractivity (Wildman–Crippen MR) is 74.0 cm³/mol. The monoisotopic (exact) mass is 405 g/mol. The van der Waals surface area contributed by atoms with Gasteiger partial charge < -0.3 is 0 Å². The molecule has 18 heavy (non-hydrogen) atoms. The van der Waals surface area contributed by atoms with E-state index in [9.17, 15) is 0 Å². The minimum absolute atomic E-state index is 0. The molecule has 3 rings (SSSR count). The van der Waals surface area contributed by atoms with E-state index >= 15 is 0 Å². The van der Waals surface area contributed by atoms with Gasteiger partial charge in [-0.25, -0.2) is 0 Å². The number of rotatable bonds is 4. The quantitative estimate of drug-likeness (QED) is 0.505. The van der Waals surface area contributed by atoms with Crippen molar-refractivity contribution in [3.8, 4) is 0 Å². The van der Waals surface area contributed by atoms with Crippen molar-refractivity contribution in [2.45, 2.75) is 51.9 Å². The van der Waals surface area contributed by atoms with E-state index in [1.807, 2.05) is 0 Å². The molecule has 0 unspecified atom stereocenters. The smallest absolute Gasteiger partial charge is 0.0273 e. The van der Waals surface area contributed by atoms with E-state index in [1.54, 1.807) is 17.0 Å². The Hall–Kier alpha value is -0.170. The van der Waals surface area contributed by atoms with Crippen LogP contribution in [0.1, 0.15) is 61.3 Å². The molecule has 2 aliphatic carbocycles. The van der Waals surface area contributed by atoms with Crippen molar-refractivity contribution in [2.24, 2.45) is 0 Å². The standard InChI is InChI=1S/C17H21.Hf/c1-2-3-4-6-13-9-10-16-11-14-7-5-8-15(14)12-17(13)16;/h9-12H,2-8H2,1H3;. The summed E-state index contributed by atoms with van der Waals surface area (Å²) >= 11 is 0. The zero-order valence-corrected chi connectivity index (χ0v) is 14.9. The molecule has 0 nitrogen and oxygen atoms in total. The van der Waals surface area contributed by atoms with E-state index in [-0.39, 0.29) is 25.8 Å². The Morgan fingerprint density at radius 2 is 1.78 bits per heavy atom. The molecule has 0 N–H and O–H groups in total. The Labute approximate surface area is 130 Å². The third-order valence-corrected chi connectivity index (χ3v) is 4.12. The maximum Gasteiger partial charge on any atom is 0.0273 e. The van der Waals surface area contributed by atoms with Crippen LogP contribution in [-0.2, 0) is 38.7 Å². The summed E-state index contributed by atoms with van der Waals surface area (Å²) in [6.45, 7) is 2.27. The van der Waals surface area contributed by atoms with Gasteiger partial charge in [0.25, 0.3) is 0 Å². The van der Waals surface area contributed by atoms with E-state index in [4.69, 9.17) is 0 Å². The molecule has 0 aliphatic heterocycles. The minimum atomic E-state index is 0. The first-order valence-corrected chi connectivity index (χ1v) is 7.08. The molecule has 0 saturated heterocycles. The van der Waals surface area contributed by atoms with Crippen LogP contribution >= 0.6 is 0 Å². The Morgan fingerprint density at radius 3 is 2.56 bits per heavy atom. The zero-order valence-electron chi connectivity index (χ0n) is 11.3. The van der Waals surface area contributed by atoms with Gasteiger partial charge in [0.2, 0.25) is 0 Å². The molecule has 0 bridgehead atoms. The summed E-state index contributed by atoms with van der Waals surface area (Å²) in [5.41, 5.74) is 6.21. The van der Waals surface area contributed by atoms with Crippen molar-refractivity contribution in [3.05, 3.63) is 46.4 Å². The van der Waals surface area contributed by atoms with E-state index < -0.39 is 0 Å². The van der Waals surface area contributed by atoms with Gasteiger partial charge in [-0.3, -0.25) is 0 Å². The number of unbranched alkanes of at least 4 members (excludes halogenated alkanes) is 2. The van der Waals surface area contributed by atoms with Crippen LogP contribution in [0.4, 0.5) is 0 Å². The molecule has 0 amide bonds. The topological polar surface area (TPSA) is 0 Å². The molecule has 0 fully saturated rings. The van der Waals surface area contributed by atoms with Crippen LogP contribution in [-0.4, -0.2) is 0 Å². The van der Waals surface area contributed by atoms with Crippen molar-refractivity contribution in [2.75, 3.05) is 0 Å². The largest absolute Gasteiger partial charge is 0.0721 e. The summed E-state index contributed by atoms with van der Waals surface area (Å²) in [6.07, 6.45) is 13.9. The predicted octanol–water partition coefficient (Wildman–Crippen LogP) is 4.70. The van der Waals surface area contributed by atoms with Crippen LogP contribution in [0.3, 0.4) is 0 Å². The van der Waals surface area contributed by atoms with Crippen molar-refractivity contribution in [3.63, 3.8) is 0 Å². The van der Waals surface area contributed by atoms with Crippen LogP contribution in [0.15, 0.2) is 18.2 Å². The molecule has 0 saturated carbocycles. The molecule has 1 radical (unpaired) electrons. The second kappa shape index (κ2) is 6.32. The Bertz CT molecular complexity index is 445. The fraction of sp³-hybridized carbons (Fsp3) is 0.471. The molecule has 0 spiro atoms. The fourth-order valence-corrected chi connectivity index (χ4v) is 3.12. The molecule has 1 aromatic rings. The number of benzene rings is 1. The molecule has 0 heterocycles. The van der Waals surface area contributed by atoms with E-state index in [0.29, 0.717) is 0 Å². The third-order valence-electron chi connectivity index (χ3n) is 4.12. The normalized spacial score (nSPS) is 16.5. The number of hydrogen-bond donors (Lipinski definition) is 0. The first-order valence-electron chi connectivity index (χ1n) is 7.08. The first-order chi connectivity index (χ1) is 8.38. The van der Waals surface area contributed by atoms with Crippen molar-refractivity contribution >= 4 is 6.08 Å². The van der Waals surface area contributed by atoms with Crippen molar-refractivity contribution in [1.82, 2.24) is 0 Å². The van der Waals surface area contributed by atoms with Gasteiger partial charge in [-0.1, -0.05) is 50.5 Å². The maximum atomic E-state index is 2.47. The summed E-state index contributed by atoms with van der Waals surface area (Å²) < 4.78 is 0. The molecular formula is C17H21Hf. The summed E-state index contributed by atoms with van der Waals surface area (Å²) in [6, 6.07) is 4.90. The van der Waals surface area contributed by atoms with Gasteiger partial charge in [0, 0.05) is 31.8 Å². The maximum absolute atomic E-state index is 2.47. The van der Waals surface area contributed by atoms with E-state index in [1.165, 1.54) is 56.1 Å². The van der Waals surface area contributed by atoms with Gasteiger partial charge in [0.1, 0.15) is 0 Å². The van der Waals surface area contributed by atoms with Crippen LogP contribution in [0.25, 0.3) is 6.08 Å². The van der Waals surface area contributed by atoms with Crippen LogP contribution in [0.2, 0.25) is 0 Å². The SMILES string of the molecule is CCCCC[C]1C=Cc2cc3c(cc21)CCC3.[Hf]. The molecule has 93 valence electrons. The average molecular weight is 404 g/mol. The van der Waals surface area contributed by atoms with Crippen LogP contribution in [0, 0.1) is 5.92 Å². The fourth-order valence-electron chi connectivity index (χ4n) is 3.12. The number of allylic oxidation sites excluding steroid dienone is 1. The number of fused-ring (bicyclic) bond motifs is 2. The Morgan fingerprint density at radius 1 is 1.00 bits per heavy atom. The molecule has 1 heteroatoms. The molecule has 0 atom stereocenters. The summed E-state index contributed by atoms with van der Waals surface area (Å²) in [4.78, 5) is 0. The summed E-state index contributed by atoms with van der Waals surface area (Å²) in [5, 5.41) is 0. The van der Waals surface area contributed by atoms with E-state index in [0.717, 1.165) is 0 Å². The van der Waals surface area contributed by atoms with Crippen LogP contribution < -0.4 is 0 Å². The summed E-state index contributed by atoms with van der Waals surface area (Å²) in [5.74, 6) is 1.57. The first kappa shape index (κ1) is 14.2. The molecular weight excluding hydrogens is 383 g/mol. The zero-order chi connectivity index (χ0) is 11.7. The Kier molecular flexibility index (Phi) is 5.00. The van der Waals surface area contributed by atoms with Gasteiger partial charge in [0.05, 0.1) is 0 Å². The number of aryl methyl sites for hydroxylation is 2. The van der Waals surface area contributed by atoms with Gasteiger partial charge in [0.15, 0.2) is 0 Å². The van der Waals surface area contributed by atoms with E-state index in [2.05, 4.69) is 31.2 Å². The molecule has 0 aromatic heterocycles. The second-order valence-corrected chi connectivity index (χ2v) is 5.38. The van der Waals surface area contributed by atoms with Crippen LogP contribution in [0.5, 0.6) is 0 Å². The second-order valence-electron chi connectivity index (χ2n) is 5.38. The van der Waals surface area contributed by atoms with Gasteiger partial charge in [-0.05, 0) is 47.9 Å². The van der Waals surface area contributed by atoms with Crippen molar-refractivity contribution < 1.29 is 25.8 Å². The van der Waals surface area contributed by atoms with Crippen molar-refractivity contribution in [1.29, 1.82) is 0 Å². The minimum Gasteiger partial charge on any atom is -0.0721 e. The Balaban J connectivity index is 0.00000120.